The van der Waals surface area contributed by atoms with Crippen LogP contribution in [-0.4, -0.2) is 47.5 Å². The number of nitrogens with zero attached hydrogens (tertiary/aromatic N) is 1. The van der Waals surface area contributed by atoms with E-state index in [1.165, 1.54) is 22.0 Å². The summed E-state index contributed by atoms with van der Waals surface area (Å²) < 4.78 is 5.84. The number of aliphatic hydroxyl groups is 1. The zero-order valence-electron chi connectivity index (χ0n) is 13.8. The largest absolute Gasteiger partial charge is 0.396 e. The average Bonchev–Trinajstić information content (AvgIpc) is 3.00. The fraction of sp³-hybridized carbons (Fsp3) is 0.579. The molecule has 0 radical (unpaired) electrons. The van der Waals surface area contributed by atoms with Crippen molar-refractivity contribution in [3.8, 4) is 0 Å². The highest BCUT2D eigenvalue weighted by atomic mass is 16.5. The molecule has 4 nitrogen and oxygen atoms in total. The smallest absolute Gasteiger partial charge is 0.0993 e. The Morgan fingerprint density at radius 1 is 1.39 bits per heavy atom. The van der Waals surface area contributed by atoms with Crippen LogP contribution in [0.25, 0.3) is 10.9 Å². The summed E-state index contributed by atoms with van der Waals surface area (Å²) in [5.74, 6) is 0.843. The molecule has 0 bridgehead atoms. The molecular formula is C19H26N2O2. The predicted octanol–water partition coefficient (Wildman–Crippen LogP) is 2.87. The van der Waals surface area contributed by atoms with Crippen LogP contribution in [-0.2, 0) is 11.2 Å². The first-order valence-corrected chi connectivity index (χ1v) is 8.83. The van der Waals surface area contributed by atoms with Crippen LogP contribution in [0.2, 0.25) is 0 Å². The van der Waals surface area contributed by atoms with E-state index in [0.29, 0.717) is 24.6 Å². The Balaban J connectivity index is 1.67. The fourth-order valence-electron chi connectivity index (χ4n) is 4.51. The van der Waals surface area contributed by atoms with Gasteiger partial charge in [-0.3, -0.25) is 4.90 Å². The molecule has 1 fully saturated rings. The molecule has 2 N–H and O–H groups in total. The van der Waals surface area contributed by atoms with Gasteiger partial charge in [-0.1, -0.05) is 19.1 Å². The standard InChI is InChI=1S/C19H26N2O2/c1-2-6-23-12-21-10-13(11-22)7-16-15-4-3-5-17-19(15)14(9-20-17)8-18(16)21/h3-5,9,13,16,18,20,22H,2,6-8,10-12H2,1H3/t13-,16?,18-/m1/s1. The Morgan fingerprint density at radius 2 is 2.30 bits per heavy atom. The molecule has 1 saturated heterocycles. The molecule has 124 valence electrons. The van der Waals surface area contributed by atoms with Gasteiger partial charge in [-0.25, -0.2) is 0 Å². The minimum absolute atomic E-state index is 0.267. The second kappa shape index (κ2) is 6.27. The number of benzene rings is 1. The van der Waals surface area contributed by atoms with Crippen molar-refractivity contribution < 1.29 is 9.84 Å². The Bertz CT molecular complexity index is 681. The molecule has 2 aliphatic rings. The second-order valence-corrected chi connectivity index (χ2v) is 7.05. The molecular weight excluding hydrogens is 288 g/mol. The molecule has 2 heterocycles. The Morgan fingerprint density at radius 3 is 3.13 bits per heavy atom. The summed E-state index contributed by atoms with van der Waals surface area (Å²) in [5.41, 5.74) is 4.13. The third-order valence-electron chi connectivity index (χ3n) is 5.53. The lowest BCUT2D eigenvalue weighted by molar-refractivity contribution is -0.0386. The van der Waals surface area contributed by atoms with Gasteiger partial charge in [-0.15, -0.1) is 0 Å². The predicted molar refractivity (Wildman–Crippen MR) is 91.5 cm³/mol. The van der Waals surface area contributed by atoms with Gasteiger partial charge in [0.1, 0.15) is 0 Å². The van der Waals surface area contributed by atoms with E-state index in [9.17, 15) is 5.11 Å². The third-order valence-corrected chi connectivity index (χ3v) is 5.53. The van der Waals surface area contributed by atoms with Crippen LogP contribution in [0.1, 0.15) is 36.8 Å². The van der Waals surface area contributed by atoms with Gasteiger partial charge in [0.15, 0.2) is 0 Å². The van der Waals surface area contributed by atoms with Crippen molar-refractivity contribution in [3.63, 3.8) is 0 Å². The van der Waals surface area contributed by atoms with E-state index in [4.69, 9.17) is 4.74 Å². The number of piperidine rings is 1. The molecule has 1 aromatic heterocycles. The summed E-state index contributed by atoms with van der Waals surface area (Å²) in [6, 6.07) is 7.09. The molecule has 1 unspecified atom stereocenters. The first-order chi connectivity index (χ1) is 11.3. The van der Waals surface area contributed by atoms with Crippen LogP contribution in [0.4, 0.5) is 0 Å². The van der Waals surface area contributed by atoms with E-state index >= 15 is 0 Å². The van der Waals surface area contributed by atoms with E-state index in [1.807, 2.05) is 0 Å². The van der Waals surface area contributed by atoms with E-state index < -0.39 is 0 Å². The number of ether oxygens (including phenoxy) is 1. The van der Waals surface area contributed by atoms with Crippen molar-refractivity contribution >= 4 is 10.9 Å². The third kappa shape index (κ3) is 2.59. The van der Waals surface area contributed by atoms with Crippen LogP contribution in [0.5, 0.6) is 0 Å². The lowest BCUT2D eigenvalue weighted by Gasteiger charge is -2.46. The Hall–Kier alpha value is -1.36. The van der Waals surface area contributed by atoms with Gasteiger partial charge >= 0.3 is 0 Å². The van der Waals surface area contributed by atoms with Gasteiger partial charge in [0.05, 0.1) is 6.73 Å². The molecule has 0 saturated carbocycles. The summed E-state index contributed by atoms with van der Waals surface area (Å²) in [7, 11) is 0. The molecule has 1 aromatic carbocycles. The van der Waals surface area contributed by atoms with Gasteiger partial charge in [0.25, 0.3) is 0 Å². The zero-order valence-corrected chi connectivity index (χ0v) is 13.8. The summed E-state index contributed by atoms with van der Waals surface area (Å²) >= 11 is 0. The molecule has 1 aliphatic heterocycles. The minimum Gasteiger partial charge on any atom is -0.396 e. The van der Waals surface area contributed by atoms with Crippen molar-refractivity contribution in [3.05, 3.63) is 35.5 Å². The summed E-state index contributed by atoms with van der Waals surface area (Å²) in [5, 5.41) is 11.2. The van der Waals surface area contributed by atoms with Crippen molar-refractivity contribution in [1.82, 2.24) is 9.88 Å². The number of H-pyrrole nitrogens is 1. The number of fused-ring (bicyclic) bond motifs is 2. The molecule has 1 aliphatic carbocycles. The number of aliphatic hydroxyl groups excluding tert-OH is 1. The number of aromatic amines is 1. The zero-order chi connectivity index (χ0) is 15.8. The minimum atomic E-state index is 0.267. The van der Waals surface area contributed by atoms with Gasteiger partial charge in [0.2, 0.25) is 0 Å². The number of rotatable bonds is 5. The number of hydrogen-bond acceptors (Lipinski definition) is 3. The highest BCUT2D eigenvalue weighted by Gasteiger charge is 2.40. The topological polar surface area (TPSA) is 48.5 Å². The van der Waals surface area contributed by atoms with E-state index in [0.717, 1.165) is 32.4 Å². The van der Waals surface area contributed by atoms with Gasteiger partial charge < -0.3 is 14.8 Å². The second-order valence-electron chi connectivity index (χ2n) is 7.05. The first kappa shape index (κ1) is 15.2. The molecule has 4 heteroatoms. The number of likely N-dealkylation sites (tertiary alicyclic amines) is 1. The molecule has 0 spiro atoms. The van der Waals surface area contributed by atoms with Crippen molar-refractivity contribution in [1.29, 1.82) is 0 Å². The molecule has 0 amide bonds. The first-order valence-electron chi connectivity index (χ1n) is 8.83. The summed E-state index contributed by atoms with van der Waals surface area (Å²) in [4.78, 5) is 5.88. The lowest BCUT2D eigenvalue weighted by Crippen LogP contribution is -2.51. The average molecular weight is 314 g/mol. The van der Waals surface area contributed by atoms with Gasteiger partial charge in [0, 0.05) is 48.8 Å². The monoisotopic (exact) mass is 314 g/mol. The van der Waals surface area contributed by atoms with Crippen LogP contribution in [0.15, 0.2) is 24.4 Å². The number of nitrogens with one attached hydrogen (secondary N) is 1. The van der Waals surface area contributed by atoms with E-state index in [2.05, 4.69) is 41.2 Å². The lowest BCUT2D eigenvalue weighted by atomic mass is 9.72. The van der Waals surface area contributed by atoms with Crippen molar-refractivity contribution in [2.75, 3.05) is 26.5 Å². The molecule has 23 heavy (non-hydrogen) atoms. The van der Waals surface area contributed by atoms with E-state index in [-0.39, 0.29) is 6.61 Å². The SMILES string of the molecule is CCCOCN1C[C@H](CO)CC2c3cccc4[nH]cc(c34)C[C@H]21. The Labute approximate surface area is 137 Å². The molecule has 2 aromatic rings. The molecule has 4 rings (SSSR count). The fourth-order valence-corrected chi connectivity index (χ4v) is 4.51. The van der Waals surface area contributed by atoms with Crippen LogP contribution >= 0.6 is 0 Å². The van der Waals surface area contributed by atoms with Crippen LogP contribution in [0, 0.1) is 5.92 Å². The van der Waals surface area contributed by atoms with Crippen LogP contribution < -0.4 is 0 Å². The van der Waals surface area contributed by atoms with E-state index in [1.54, 1.807) is 0 Å². The number of aromatic nitrogens is 1. The normalized spacial score (nSPS) is 27.3. The summed E-state index contributed by atoms with van der Waals surface area (Å²) in [6.07, 6.45) is 5.38. The van der Waals surface area contributed by atoms with Gasteiger partial charge in [-0.05, 0) is 42.4 Å². The molecule has 3 atom stereocenters. The highest BCUT2D eigenvalue weighted by Crippen LogP contribution is 2.44. The van der Waals surface area contributed by atoms with Crippen molar-refractivity contribution in [2.45, 2.75) is 38.1 Å². The van der Waals surface area contributed by atoms with Crippen molar-refractivity contribution in [2.24, 2.45) is 5.92 Å². The summed E-state index contributed by atoms with van der Waals surface area (Å²) in [6.45, 7) is 4.84. The number of hydrogen-bond donors (Lipinski definition) is 2. The Kier molecular flexibility index (Phi) is 4.14. The maximum Gasteiger partial charge on any atom is 0.0993 e. The quantitative estimate of drug-likeness (QED) is 0.834. The van der Waals surface area contributed by atoms with Gasteiger partial charge in [-0.2, -0.15) is 0 Å². The highest BCUT2D eigenvalue weighted by molar-refractivity contribution is 5.88. The maximum absolute atomic E-state index is 9.75. The van der Waals surface area contributed by atoms with Crippen LogP contribution in [0.3, 0.4) is 0 Å². The maximum atomic E-state index is 9.75.